The predicted octanol–water partition coefficient (Wildman–Crippen LogP) is 2.51. The second-order valence-corrected chi connectivity index (χ2v) is 3.94. The largest absolute Gasteiger partial charge is 0.462 e. The van der Waals surface area contributed by atoms with Crippen LogP contribution >= 0.6 is 15.9 Å². The molecule has 1 aromatic carbocycles. The average molecular weight is 303 g/mol. The van der Waals surface area contributed by atoms with Gasteiger partial charge in [-0.15, -0.1) is 0 Å². The van der Waals surface area contributed by atoms with Gasteiger partial charge in [-0.25, -0.2) is 9.18 Å². The molecule has 0 aromatic heterocycles. The Balaban J connectivity index is 2.94. The average Bonchev–Trinajstić information content (AvgIpc) is 2.31. The highest BCUT2D eigenvalue weighted by Gasteiger charge is 2.14. The van der Waals surface area contributed by atoms with E-state index < -0.39 is 11.8 Å². The van der Waals surface area contributed by atoms with Gasteiger partial charge in [0.1, 0.15) is 11.6 Å². The minimum atomic E-state index is -0.710. The topological polar surface area (TPSA) is 43.4 Å². The zero-order chi connectivity index (χ0) is 12.8. The van der Waals surface area contributed by atoms with E-state index in [0.29, 0.717) is 5.56 Å². The lowest BCUT2D eigenvalue weighted by Crippen LogP contribution is -2.09. The van der Waals surface area contributed by atoms with Crippen molar-refractivity contribution >= 4 is 27.7 Å². The lowest BCUT2D eigenvalue weighted by atomic mass is 10.1. The molecule has 0 amide bonds. The monoisotopic (exact) mass is 302 g/mol. The van der Waals surface area contributed by atoms with E-state index >= 15 is 0 Å². The van der Waals surface area contributed by atoms with E-state index in [9.17, 15) is 14.0 Å². The second kappa shape index (κ2) is 6.49. The van der Waals surface area contributed by atoms with Gasteiger partial charge in [-0.2, -0.15) is 0 Å². The number of benzene rings is 1. The zero-order valence-corrected chi connectivity index (χ0v) is 10.9. The van der Waals surface area contributed by atoms with Crippen molar-refractivity contribution in [1.82, 2.24) is 0 Å². The van der Waals surface area contributed by atoms with Gasteiger partial charge >= 0.3 is 5.97 Å². The van der Waals surface area contributed by atoms with E-state index in [4.69, 9.17) is 4.74 Å². The number of hydrogen-bond donors (Lipinski definition) is 0. The molecule has 1 rings (SSSR count). The number of ether oxygens (including phenoxy) is 1. The minimum absolute atomic E-state index is 0.0357. The Morgan fingerprint density at radius 1 is 1.41 bits per heavy atom. The van der Waals surface area contributed by atoms with E-state index in [1.807, 2.05) is 0 Å². The summed E-state index contributed by atoms with van der Waals surface area (Å²) in [6, 6.07) is 4.01. The Morgan fingerprint density at radius 3 is 2.71 bits per heavy atom. The van der Waals surface area contributed by atoms with Crippen molar-refractivity contribution in [1.29, 1.82) is 0 Å². The number of ketones is 1. The maximum atomic E-state index is 13.4. The molecule has 0 unspecified atom stereocenters. The fraction of sp³-hybridized carbons (Fsp3) is 0.333. The van der Waals surface area contributed by atoms with Crippen molar-refractivity contribution in [2.45, 2.75) is 13.3 Å². The number of Topliss-reactive ketones (excluding diaryl/α,β-unsaturated/α-hetero) is 1. The van der Waals surface area contributed by atoms with E-state index in [0.717, 1.165) is 0 Å². The van der Waals surface area contributed by atoms with Crippen LogP contribution in [-0.2, 0) is 16.0 Å². The maximum Gasteiger partial charge on any atom is 0.341 e. The van der Waals surface area contributed by atoms with Crippen LogP contribution in [0.3, 0.4) is 0 Å². The van der Waals surface area contributed by atoms with Crippen LogP contribution in [0.25, 0.3) is 0 Å². The van der Waals surface area contributed by atoms with Gasteiger partial charge in [0.25, 0.3) is 0 Å². The SMILES string of the molecule is CCOC(=O)c1cc(CC(=O)CBr)ccc1F. The molecule has 0 saturated heterocycles. The van der Waals surface area contributed by atoms with Crippen LogP contribution < -0.4 is 0 Å². The summed E-state index contributed by atoms with van der Waals surface area (Å²) >= 11 is 3.04. The minimum Gasteiger partial charge on any atom is -0.462 e. The molecule has 5 heteroatoms. The van der Waals surface area contributed by atoms with Crippen LogP contribution in [0.15, 0.2) is 18.2 Å². The van der Waals surface area contributed by atoms with E-state index in [1.165, 1.54) is 18.2 Å². The molecule has 0 N–H and O–H groups in total. The number of esters is 1. The fourth-order valence-corrected chi connectivity index (χ4v) is 1.52. The van der Waals surface area contributed by atoms with Gasteiger partial charge in [0.2, 0.25) is 0 Å². The highest BCUT2D eigenvalue weighted by Crippen LogP contribution is 2.13. The molecular formula is C12H12BrFO3. The molecule has 0 aliphatic heterocycles. The first-order chi connectivity index (χ1) is 8.08. The smallest absolute Gasteiger partial charge is 0.341 e. The number of halogens is 2. The quantitative estimate of drug-likeness (QED) is 0.620. The highest BCUT2D eigenvalue weighted by molar-refractivity contribution is 9.09. The van der Waals surface area contributed by atoms with Crippen LogP contribution in [-0.4, -0.2) is 23.7 Å². The Kier molecular flexibility index (Phi) is 5.28. The molecule has 0 aliphatic rings. The third-order valence-corrected chi connectivity index (χ3v) is 2.70. The van der Waals surface area contributed by atoms with Gasteiger partial charge in [-0.1, -0.05) is 22.0 Å². The molecular weight excluding hydrogens is 291 g/mol. The summed E-state index contributed by atoms with van der Waals surface area (Å²) < 4.78 is 18.1. The molecule has 92 valence electrons. The van der Waals surface area contributed by atoms with Crippen molar-refractivity contribution < 1.29 is 18.7 Å². The normalized spacial score (nSPS) is 10.1. The molecule has 3 nitrogen and oxygen atoms in total. The Hall–Kier alpha value is -1.23. The van der Waals surface area contributed by atoms with Crippen molar-refractivity contribution in [2.75, 3.05) is 11.9 Å². The summed E-state index contributed by atoms with van der Waals surface area (Å²) in [5, 5.41) is 0.235. The van der Waals surface area contributed by atoms with Gasteiger partial charge in [-0.05, 0) is 24.6 Å². The summed E-state index contributed by atoms with van der Waals surface area (Å²) in [6.07, 6.45) is 0.165. The summed E-state index contributed by atoms with van der Waals surface area (Å²) in [4.78, 5) is 22.6. The summed E-state index contributed by atoms with van der Waals surface area (Å²) in [5.41, 5.74) is 0.464. The lowest BCUT2D eigenvalue weighted by Gasteiger charge is -2.05. The van der Waals surface area contributed by atoms with Gasteiger partial charge in [-0.3, -0.25) is 4.79 Å². The number of alkyl halides is 1. The van der Waals surface area contributed by atoms with Crippen LogP contribution in [0.5, 0.6) is 0 Å². The Morgan fingerprint density at radius 2 is 2.12 bits per heavy atom. The maximum absolute atomic E-state index is 13.4. The molecule has 0 aliphatic carbocycles. The van der Waals surface area contributed by atoms with Gasteiger partial charge < -0.3 is 4.74 Å². The third-order valence-electron chi connectivity index (χ3n) is 2.08. The molecule has 17 heavy (non-hydrogen) atoms. The van der Waals surface area contributed by atoms with Crippen molar-refractivity contribution in [3.05, 3.63) is 35.1 Å². The number of carbonyl (C=O) groups excluding carboxylic acids is 2. The standard InChI is InChI=1S/C12H12BrFO3/c1-2-17-12(16)10-6-8(3-4-11(10)14)5-9(15)7-13/h3-4,6H,2,5,7H2,1H3. The summed E-state index contributed by atoms with van der Waals surface area (Å²) in [7, 11) is 0. The first-order valence-electron chi connectivity index (χ1n) is 5.11. The molecule has 0 radical (unpaired) electrons. The van der Waals surface area contributed by atoms with E-state index in [1.54, 1.807) is 6.92 Å². The lowest BCUT2D eigenvalue weighted by molar-refractivity contribution is -0.115. The van der Waals surface area contributed by atoms with Crippen LogP contribution in [0.2, 0.25) is 0 Å². The Bertz CT molecular complexity index is 432. The molecule has 0 spiro atoms. The van der Waals surface area contributed by atoms with E-state index in [-0.39, 0.29) is 29.7 Å². The van der Waals surface area contributed by atoms with Crippen LogP contribution in [0, 0.1) is 5.82 Å². The van der Waals surface area contributed by atoms with Crippen molar-refractivity contribution in [3.63, 3.8) is 0 Å². The zero-order valence-electron chi connectivity index (χ0n) is 9.33. The summed E-state index contributed by atoms with van der Waals surface area (Å²) in [5.74, 6) is -1.39. The van der Waals surface area contributed by atoms with Crippen molar-refractivity contribution in [2.24, 2.45) is 0 Å². The predicted molar refractivity (Wildman–Crippen MR) is 64.9 cm³/mol. The Labute approximate surface area is 107 Å². The number of rotatable bonds is 5. The molecule has 1 aromatic rings. The first-order valence-corrected chi connectivity index (χ1v) is 6.23. The third kappa shape index (κ3) is 3.93. The molecule has 0 atom stereocenters. The van der Waals surface area contributed by atoms with Gasteiger partial charge in [0, 0.05) is 6.42 Å². The molecule has 0 saturated carbocycles. The van der Waals surface area contributed by atoms with Crippen LogP contribution in [0.4, 0.5) is 4.39 Å². The second-order valence-electron chi connectivity index (χ2n) is 3.38. The summed E-state index contributed by atoms with van der Waals surface area (Å²) in [6.45, 7) is 1.83. The van der Waals surface area contributed by atoms with Gasteiger partial charge in [0.15, 0.2) is 0 Å². The fourth-order valence-electron chi connectivity index (χ4n) is 1.32. The highest BCUT2D eigenvalue weighted by atomic mass is 79.9. The molecule has 0 bridgehead atoms. The number of hydrogen-bond acceptors (Lipinski definition) is 3. The number of carbonyl (C=O) groups is 2. The van der Waals surface area contributed by atoms with E-state index in [2.05, 4.69) is 15.9 Å². The van der Waals surface area contributed by atoms with Crippen LogP contribution in [0.1, 0.15) is 22.8 Å². The molecule has 0 fully saturated rings. The van der Waals surface area contributed by atoms with Gasteiger partial charge in [0.05, 0.1) is 17.5 Å². The van der Waals surface area contributed by atoms with Crippen molar-refractivity contribution in [3.8, 4) is 0 Å². The first kappa shape index (κ1) is 13.8. The molecule has 0 heterocycles.